The molecule has 8 nitrogen and oxygen atoms in total. The van der Waals surface area contributed by atoms with E-state index in [1.165, 1.54) is 6.07 Å². The molecule has 0 amide bonds. The van der Waals surface area contributed by atoms with Gasteiger partial charge in [0.1, 0.15) is 17.4 Å². The summed E-state index contributed by atoms with van der Waals surface area (Å²) in [5, 5.41) is 10.9. The van der Waals surface area contributed by atoms with Crippen molar-refractivity contribution in [3.8, 4) is 11.6 Å². The number of benzene rings is 1. The lowest BCUT2D eigenvalue weighted by Crippen LogP contribution is -2.10. The van der Waals surface area contributed by atoms with Crippen molar-refractivity contribution in [2.45, 2.75) is 20.8 Å². The number of ether oxygens (including phenoxy) is 1. The zero-order valence-electron chi connectivity index (χ0n) is 11.9. The molecule has 0 unspecified atom stereocenters. The largest absolute Gasteiger partial charge is 0.439 e. The molecular formula is C13H15N5O3. The summed E-state index contributed by atoms with van der Waals surface area (Å²) in [5.74, 6) is 7.05. The number of nitrogens with zero attached hydrogens (tertiary/aromatic N) is 3. The van der Waals surface area contributed by atoms with Gasteiger partial charge in [0.2, 0.25) is 5.88 Å². The third-order valence-electron chi connectivity index (χ3n) is 2.87. The monoisotopic (exact) mass is 289 g/mol. The van der Waals surface area contributed by atoms with Crippen molar-refractivity contribution in [1.29, 1.82) is 0 Å². The number of hydrogen-bond acceptors (Lipinski definition) is 7. The fourth-order valence-corrected chi connectivity index (χ4v) is 1.86. The highest BCUT2D eigenvalue weighted by Crippen LogP contribution is 2.30. The number of hydrogen-bond donors (Lipinski definition) is 2. The average molecular weight is 289 g/mol. The van der Waals surface area contributed by atoms with Crippen LogP contribution in [0.1, 0.15) is 17.0 Å². The van der Waals surface area contributed by atoms with E-state index in [2.05, 4.69) is 15.4 Å². The second-order valence-corrected chi connectivity index (χ2v) is 4.55. The lowest BCUT2D eigenvalue weighted by atomic mass is 10.1. The van der Waals surface area contributed by atoms with Gasteiger partial charge >= 0.3 is 0 Å². The van der Waals surface area contributed by atoms with Crippen molar-refractivity contribution in [2.75, 3.05) is 5.43 Å². The quantitative estimate of drug-likeness (QED) is 0.504. The first-order chi connectivity index (χ1) is 9.90. The van der Waals surface area contributed by atoms with Gasteiger partial charge in [-0.25, -0.2) is 10.8 Å². The van der Waals surface area contributed by atoms with Crippen LogP contribution in [0, 0.1) is 30.9 Å². The molecule has 2 aromatic rings. The number of nitrogens with two attached hydrogens (primary N) is 1. The average Bonchev–Trinajstić information content (AvgIpc) is 2.41. The number of nitro benzene ring substituents is 1. The predicted molar refractivity (Wildman–Crippen MR) is 77.2 cm³/mol. The lowest BCUT2D eigenvalue weighted by Gasteiger charge is -2.10. The molecule has 1 heterocycles. The molecule has 0 atom stereocenters. The summed E-state index contributed by atoms with van der Waals surface area (Å²) >= 11 is 0. The van der Waals surface area contributed by atoms with Gasteiger partial charge in [-0.05, 0) is 32.4 Å². The van der Waals surface area contributed by atoms with Crippen LogP contribution < -0.4 is 16.0 Å². The number of nitrogen functional groups attached to an aromatic ring is 1. The van der Waals surface area contributed by atoms with Crippen LogP contribution in [0.2, 0.25) is 0 Å². The first kappa shape index (κ1) is 14.7. The fraction of sp³-hybridized carbons (Fsp3) is 0.231. The summed E-state index contributed by atoms with van der Waals surface area (Å²) in [6.45, 7) is 5.10. The molecule has 0 saturated heterocycles. The van der Waals surface area contributed by atoms with Gasteiger partial charge in [0.15, 0.2) is 0 Å². The summed E-state index contributed by atoms with van der Waals surface area (Å²) in [4.78, 5) is 18.7. The summed E-state index contributed by atoms with van der Waals surface area (Å²) in [6, 6.07) is 4.63. The molecule has 0 bridgehead atoms. The van der Waals surface area contributed by atoms with Crippen molar-refractivity contribution in [1.82, 2.24) is 9.97 Å². The summed E-state index contributed by atoms with van der Waals surface area (Å²) in [6.07, 6.45) is 0. The van der Waals surface area contributed by atoms with Crippen molar-refractivity contribution >= 4 is 11.5 Å². The van der Waals surface area contributed by atoms with E-state index < -0.39 is 4.92 Å². The van der Waals surface area contributed by atoms with Crippen LogP contribution in [-0.4, -0.2) is 14.9 Å². The fourth-order valence-electron chi connectivity index (χ4n) is 1.86. The van der Waals surface area contributed by atoms with Gasteiger partial charge in [0, 0.05) is 17.7 Å². The minimum absolute atomic E-state index is 0.0584. The number of aromatic nitrogens is 2. The maximum Gasteiger partial charge on any atom is 0.272 e. The molecule has 1 aromatic heterocycles. The molecule has 0 spiro atoms. The van der Waals surface area contributed by atoms with Crippen molar-refractivity contribution in [3.05, 3.63) is 45.3 Å². The Labute approximate surface area is 121 Å². The summed E-state index contributed by atoms with van der Waals surface area (Å²) in [7, 11) is 0. The molecule has 2 rings (SSSR count). The van der Waals surface area contributed by atoms with Gasteiger partial charge in [-0.15, -0.1) is 0 Å². The molecule has 3 N–H and O–H groups in total. The number of rotatable bonds is 4. The van der Waals surface area contributed by atoms with E-state index in [0.29, 0.717) is 34.4 Å². The Bertz CT molecular complexity index is 702. The van der Waals surface area contributed by atoms with Crippen molar-refractivity contribution < 1.29 is 9.66 Å². The van der Waals surface area contributed by atoms with Crippen LogP contribution in [0.3, 0.4) is 0 Å². The maximum absolute atomic E-state index is 10.9. The first-order valence-corrected chi connectivity index (χ1v) is 6.16. The van der Waals surface area contributed by atoms with Gasteiger partial charge in [0.05, 0.1) is 4.92 Å². The molecular weight excluding hydrogens is 274 g/mol. The van der Waals surface area contributed by atoms with E-state index in [1.807, 2.05) is 0 Å². The zero-order valence-corrected chi connectivity index (χ0v) is 11.9. The Balaban J connectivity index is 2.38. The molecule has 0 fully saturated rings. The van der Waals surface area contributed by atoms with Gasteiger partial charge in [-0.3, -0.25) is 10.1 Å². The van der Waals surface area contributed by atoms with Crippen molar-refractivity contribution in [2.24, 2.45) is 5.84 Å². The number of nitrogens with one attached hydrogen (secondary N) is 1. The van der Waals surface area contributed by atoms with E-state index in [-0.39, 0.29) is 5.69 Å². The maximum atomic E-state index is 10.9. The smallest absolute Gasteiger partial charge is 0.272 e. The summed E-state index contributed by atoms with van der Waals surface area (Å²) in [5.41, 5.74) is 3.64. The van der Waals surface area contributed by atoms with Crippen LogP contribution >= 0.6 is 0 Å². The Morgan fingerprint density at radius 3 is 2.52 bits per heavy atom. The Hall–Kier alpha value is -2.74. The molecule has 110 valence electrons. The minimum atomic E-state index is -0.419. The van der Waals surface area contributed by atoms with Crippen LogP contribution in [0.4, 0.5) is 11.5 Å². The Morgan fingerprint density at radius 1 is 1.19 bits per heavy atom. The standard InChI is InChI=1S/C13H15N5O3/c1-7-5-11(8(2)4-10(7)18(19)20)21-13-6-12(17-14)15-9(3)16-13/h4-6H,14H2,1-3H3,(H,15,16,17). The molecule has 0 aliphatic rings. The molecule has 0 radical (unpaired) electrons. The molecule has 21 heavy (non-hydrogen) atoms. The van der Waals surface area contributed by atoms with Crippen molar-refractivity contribution in [3.63, 3.8) is 0 Å². The van der Waals surface area contributed by atoms with Gasteiger partial charge in [-0.2, -0.15) is 4.98 Å². The molecule has 0 aliphatic heterocycles. The third-order valence-corrected chi connectivity index (χ3v) is 2.87. The minimum Gasteiger partial charge on any atom is -0.439 e. The van der Waals surface area contributed by atoms with E-state index in [9.17, 15) is 10.1 Å². The van der Waals surface area contributed by atoms with Gasteiger partial charge in [-0.1, -0.05) is 0 Å². The van der Waals surface area contributed by atoms with Crippen LogP contribution in [0.25, 0.3) is 0 Å². The normalized spacial score (nSPS) is 10.3. The molecule has 0 aliphatic carbocycles. The van der Waals surface area contributed by atoms with Gasteiger partial charge in [0.25, 0.3) is 5.69 Å². The number of anilines is 1. The molecule has 0 saturated carbocycles. The summed E-state index contributed by atoms with van der Waals surface area (Å²) < 4.78 is 5.68. The number of nitro groups is 1. The van der Waals surface area contributed by atoms with E-state index >= 15 is 0 Å². The highest BCUT2D eigenvalue weighted by atomic mass is 16.6. The first-order valence-electron chi connectivity index (χ1n) is 6.16. The second-order valence-electron chi connectivity index (χ2n) is 4.55. The van der Waals surface area contributed by atoms with E-state index in [4.69, 9.17) is 10.6 Å². The van der Waals surface area contributed by atoms with Crippen LogP contribution in [0.5, 0.6) is 11.6 Å². The zero-order chi connectivity index (χ0) is 15.6. The Kier molecular flexibility index (Phi) is 3.99. The van der Waals surface area contributed by atoms with E-state index in [0.717, 1.165) is 0 Å². The highest BCUT2D eigenvalue weighted by molar-refractivity contribution is 5.50. The molecule has 1 aromatic carbocycles. The third kappa shape index (κ3) is 3.23. The second kappa shape index (κ2) is 5.71. The molecule has 8 heteroatoms. The topological polar surface area (TPSA) is 116 Å². The number of hydrazine groups is 1. The van der Waals surface area contributed by atoms with Gasteiger partial charge < -0.3 is 10.2 Å². The Morgan fingerprint density at radius 2 is 1.90 bits per heavy atom. The predicted octanol–water partition coefficient (Wildman–Crippen LogP) is 2.39. The van der Waals surface area contributed by atoms with Crippen LogP contribution in [0.15, 0.2) is 18.2 Å². The SMILES string of the molecule is Cc1nc(NN)cc(Oc2cc(C)c([N+](=O)[O-])cc2C)n1. The lowest BCUT2D eigenvalue weighted by molar-refractivity contribution is -0.385. The van der Waals surface area contributed by atoms with Crippen LogP contribution in [-0.2, 0) is 0 Å². The highest BCUT2D eigenvalue weighted by Gasteiger charge is 2.15. The number of aryl methyl sites for hydroxylation is 3. The van der Waals surface area contributed by atoms with E-state index in [1.54, 1.807) is 32.9 Å².